The number of nitrogens with one attached hydrogen (secondary N) is 1. The predicted molar refractivity (Wildman–Crippen MR) is 132 cm³/mol. The highest BCUT2D eigenvalue weighted by atomic mass is 32.2. The van der Waals surface area contributed by atoms with Gasteiger partial charge >= 0.3 is 5.97 Å². The SMILES string of the molecule is C[C@]12CCC3c4ccc(O)cc4CCC3C1CC[C@@H]2OC(=O)CNCc1cccc(S(N)(=O)=O)c1. The van der Waals surface area contributed by atoms with Gasteiger partial charge in [-0.15, -0.1) is 0 Å². The highest BCUT2D eigenvalue weighted by Gasteiger charge is 2.56. The summed E-state index contributed by atoms with van der Waals surface area (Å²) < 4.78 is 29.1. The lowest BCUT2D eigenvalue weighted by atomic mass is 9.55. The van der Waals surface area contributed by atoms with Crippen LogP contribution >= 0.6 is 0 Å². The minimum Gasteiger partial charge on any atom is -0.508 e. The van der Waals surface area contributed by atoms with Crippen LogP contribution in [0.3, 0.4) is 0 Å². The van der Waals surface area contributed by atoms with Gasteiger partial charge < -0.3 is 15.2 Å². The van der Waals surface area contributed by atoms with Crippen molar-refractivity contribution in [2.45, 2.75) is 68.9 Å². The Balaban J connectivity index is 1.18. The molecule has 2 saturated carbocycles. The Bertz CT molecular complexity index is 1230. The van der Waals surface area contributed by atoms with E-state index < -0.39 is 10.0 Å². The molecule has 5 atom stereocenters. The number of aryl methyl sites for hydroxylation is 1. The quantitative estimate of drug-likeness (QED) is 0.524. The molecule has 0 amide bonds. The predicted octanol–water partition coefficient (Wildman–Crippen LogP) is 3.60. The van der Waals surface area contributed by atoms with E-state index in [4.69, 9.17) is 9.88 Å². The summed E-state index contributed by atoms with van der Waals surface area (Å²) in [6, 6.07) is 12.2. The molecule has 3 aliphatic rings. The van der Waals surface area contributed by atoms with Crippen LogP contribution in [0.25, 0.3) is 0 Å². The Morgan fingerprint density at radius 1 is 1.17 bits per heavy atom. The summed E-state index contributed by atoms with van der Waals surface area (Å²) in [6.07, 6.45) is 6.15. The fourth-order valence-corrected chi connectivity index (χ4v) is 7.64. The van der Waals surface area contributed by atoms with Gasteiger partial charge in [-0.1, -0.05) is 25.1 Å². The van der Waals surface area contributed by atoms with E-state index in [1.54, 1.807) is 12.1 Å². The Hall–Kier alpha value is -2.42. The standard InChI is InChI=1S/C27H34N2O5S/c1-27-12-11-22-21-8-6-19(30)14-18(21)5-7-23(22)24(27)9-10-25(27)34-26(31)16-29-15-17-3-2-4-20(13-17)35(28,32)33/h2-4,6,8,13-14,22-25,29-30H,5,7,9-12,15-16H2,1H3,(H2,28,32,33)/t22?,23?,24?,25-,27-/m0/s1. The Labute approximate surface area is 207 Å². The van der Waals surface area contributed by atoms with E-state index in [-0.39, 0.29) is 28.9 Å². The number of phenolic OH excluding ortho intramolecular Hbond substituents is 1. The molecule has 0 radical (unpaired) electrons. The molecule has 3 aliphatic carbocycles. The van der Waals surface area contributed by atoms with Crippen molar-refractivity contribution in [2.75, 3.05) is 6.54 Å². The first kappa shape index (κ1) is 24.3. The molecule has 2 fully saturated rings. The van der Waals surface area contributed by atoms with E-state index in [0.717, 1.165) is 44.1 Å². The molecule has 3 unspecified atom stereocenters. The number of benzene rings is 2. The van der Waals surface area contributed by atoms with Crippen LogP contribution < -0.4 is 10.5 Å². The number of carbonyl (C=O) groups is 1. The van der Waals surface area contributed by atoms with Crippen LogP contribution in [0.15, 0.2) is 47.4 Å². The average Bonchev–Trinajstić information content (AvgIpc) is 3.14. The fourth-order valence-electron chi connectivity index (χ4n) is 7.06. The molecular formula is C27H34N2O5S. The van der Waals surface area contributed by atoms with Crippen molar-refractivity contribution in [3.63, 3.8) is 0 Å². The summed E-state index contributed by atoms with van der Waals surface area (Å²) in [5, 5.41) is 18.1. The summed E-state index contributed by atoms with van der Waals surface area (Å²) >= 11 is 0. The van der Waals surface area contributed by atoms with Crippen LogP contribution in [0.2, 0.25) is 0 Å². The smallest absolute Gasteiger partial charge is 0.320 e. The Morgan fingerprint density at radius 3 is 2.80 bits per heavy atom. The van der Waals surface area contributed by atoms with Crippen molar-refractivity contribution in [3.05, 3.63) is 59.2 Å². The van der Waals surface area contributed by atoms with Crippen molar-refractivity contribution in [3.8, 4) is 5.75 Å². The maximum absolute atomic E-state index is 12.7. The number of nitrogens with two attached hydrogens (primary N) is 1. The van der Waals surface area contributed by atoms with Gasteiger partial charge in [0, 0.05) is 12.0 Å². The fraction of sp³-hybridized carbons (Fsp3) is 0.519. The van der Waals surface area contributed by atoms with Gasteiger partial charge in [0.25, 0.3) is 0 Å². The highest BCUT2D eigenvalue weighted by molar-refractivity contribution is 7.89. The number of hydrogen-bond donors (Lipinski definition) is 3. The second kappa shape index (κ2) is 9.22. The summed E-state index contributed by atoms with van der Waals surface area (Å²) in [5.41, 5.74) is 3.42. The first-order valence-corrected chi connectivity index (χ1v) is 14.0. The lowest BCUT2D eigenvalue weighted by molar-refractivity contribution is -0.156. The molecule has 5 rings (SSSR count). The Kier molecular flexibility index (Phi) is 6.40. The third-order valence-electron chi connectivity index (χ3n) is 8.72. The van der Waals surface area contributed by atoms with Gasteiger partial charge in [-0.05, 0) is 97.2 Å². The number of sulfonamides is 1. The second-order valence-corrected chi connectivity index (χ2v) is 12.3. The van der Waals surface area contributed by atoms with Crippen molar-refractivity contribution in [1.29, 1.82) is 0 Å². The number of carbonyl (C=O) groups excluding carboxylic acids is 1. The molecule has 2 aromatic carbocycles. The molecule has 0 spiro atoms. The number of aromatic hydroxyl groups is 1. The van der Waals surface area contributed by atoms with Crippen LogP contribution in [0, 0.1) is 17.3 Å². The van der Waals surface area contributed by atoms with Crippen LogP contribution in [-0.2, 0) is 32.5 Å². The number of rotatable bonds is 6. The summed E-state index contributed by atoms with van der Waals surface area (Å²) in [4.78, 5) is 12.7. The van der Waals surface area contributed by atoms with Crippen LogP contribution in [0.5, 0.6) is 5.75 Å². The maximum Gasteiger partial charge on any atom is 0.320 e. The summed E-state index contributed by atoms with van der Waals surface area (Å²) in [7, 11) is -3.76. The molecule has 8 heteroatoms. The Morgan fingerprint density at radius 2 is 2.00 bits per heavy atom. The molecule has 7 nitrogen and oxygen atoms in total. The van der Waals surface area contributed by atoms with Gasteiger partial charge in [-0.25, -0.2) is 13.6 Å². The maximum atomic E-state index is 12.7. The van der Waals surface area contributed by atoms with Gasteiger partial charge in [-0.3, -0.25) is 4.79 Å². The van der Waals surface area contributed by atoms with Gasteiger partial charge in [0.1, 0.15) is 11.9 Å². The van der Waals surface area contributed by atoms with Gasteiger partial charge in [0.2, 0.25) is 10.0 Å². The van der Waals surface area contributed by atoms with Crippen LogP contribution in [0.4, 0.5) is 0 Å². The zero-order valence-corrected chi connectivity index (χ0v) is 20.9. The monoisotopic (exact) mass is 498 g/mol. The number of ether oxygens (including phenoxy) is 1. The zero-order valence-electron chi connectivity index (χ0n) is 20.1. The van der Waals surface area contributed by atoms with Gasteiger partial charge in [-0.2, -0.15) is 0 Å². The number of fused-ring (bicyclic) bond motifs is 5. The van der Waals surface area contributed by atoms with E-state index in [9.17, 15) is 18.3 Å². The third kappa shape index (κ3) is 4.71. The van der Waals surface area contributed by atoms with Crippen molar-refractivity contribution in [1.82, 2.24) is 5.32 Å². The highest BCUT2D eigenvalue weighted by Crippen LogP contribution is 2.61. The normalized spacial score (nSPS) is 29.7. The van der Waals surface area contributed by atoms with Crippen molar-refractivity contribution >= 4 is 16.0 Å². The topological polar surface area (TPSA) is 119 Å². The van der Waals surface area contributed by atoms with E-state index in [2.05, 4.69) is 18.3 Å². The molecular weight excluding hydrogens is 464 g/mol. The first-order valence-electron chi connectivity index (χ1n) is 12.5. The van der Waals surface area contributed by atoms with E-state index in [1.807, 2.05) is 12.1 Å². The number of primary sulfonamides is 1. The molecule has 35 heavy (non-hydrogen) atoms. The molecule has 4 N–H and O–H groups in total. The minimum atomic E-state index is -3.76. The van der Waals surface area contributed by atoms with E-state index in [0.29, 0.717) is 30.0 Å². The molecule has 2 aromatic rings. The number of phenols is 1. The number of esters is 1. The minimum absolute atomic E-state index is 0.00489. The van der Waals surface area contributed by atoms with E-state index in [1.165, 1.54) is 23.3 Å². The number of hydrogen-bond acceptors (Lipinski definition) is 6. The second-order valence-electron chi connectivity index (χ2n) is 10.7. The molecule has 0 saturated heterocycles. The molecule has 0 aliphatic heterocycles. The van der Waals surface area contributed by atoms with Crippen LogP contribution in [0.1, 0.15) is 61.6 Å². The lowest BCUT2D eigenvalue weighted by Crippen LogP contribution is -2.45. The van der Waals surface area contributed by atoms with Crippen LogP contribution in [-0.4, -0.2) is 32.1 Å². The van der Waals surface area contributed by atoms with Crippen molar-refractivity contribution < 1.29 is 23.1 Å². The average molecular weight is 499 g/mol. The van der Waals surface area contributed by atoms with Gasteiger partial charge in [0.05, 0.1) is 11.4 Å². The molecule has 188 valence electrons. The first-order chi connectivity index (χ1) is 16.6. The largest absolute Gasteiger partial charge is 0.508 e. The molecule has 0 bridgehead atoms. The van der Waals surface area contributed by atoms with Crippen molar-refractivity contribution in [2.24, 2.45) is 22.4 Å². The summed E-state index contributed by atoms with van der Waals surface area (Å²) in [5.74, 6) is 1.74. The van der Waals surface area contributed by atoms with Gasteiger partial charge in [0.15, 0.2) is 0 Å². The summed E-state index contributed by atoms with van der Waals surface area (Å²) in [6.45, 7) is 2.72. The molecule has 0 aromatic heterocycles. The zero-order chi connectivity index (χ0) is 24.8. The third-order valence-corrected chi connectivity index (χ3v) is 9.63. The molecule has 0 heterocycles. The lowest BCUT2D eigenvalue weighted by Gasteiger charge is -2.50. The van der Waals surface area contributed by atoms with E-state index >= 15 is 0 Å².